The molecule has 0 aliphatic carbocycles. The smallest absolute Gasteiger partial charge is 0.161 e. The Bertz CT molecular complexity index is 4170. The maximum atomic E-state index is 5.52. The predicted octanol–water partition coefficient (Wildman–Crippen LogP) is 15.8. The van der Waals surface area contributed by atoms with Crippen LogP contribution in [0.4, 0.5) is 0 Å². The van der Waals surface area contributed by atoms with Crippen molar-refractivity contribution in [2.24, 2.45) is 0 Å². The van der Waals surface area contributed by atoms with E-state index in [4.69, 9.17) is 9.97 Å². The summed E-state index contributed by atoms with van der Waals surface area (Å²) in [7, 11) is 0. The molecule has 0 fully saturated rings. The van der Waals surface area contributed by atoms with E-state index in [0.717, 1.165) is 50.0 Å². The van der Waals surface area contributed by atoms with Gasteiger partial charge in [0, 0.05) is 69.0 Å². The minimum Gasteiger partial charge on any atom is -0.309 e. The number of hydrogen-bond donors (Lipinski definition) is 0. The fourth-order valence-corrected chi connectivity index (χ4v) is 11.6. The molecule has 4 nitrogen and oxygen atoms in total. The van der Waals surface area contributed by atoms with Crippen LogP contribution in [0, 0.1) is 0 Å². The van der Waals surface area contributed by atoms with E-state index in [9.17, 15) is 0 Å². The summed E-state index contributed by atoms with van der Waals surface area (Å²) in [5.41, 5.74) is 11.0. The number of rotatable bonds is 4. The van der Waals surface area contributed by atoms with Crippen molar-refractivity contribution in [2.45, 2.75) is 0 Å². The normalized spacial score (nSPS) is 12.1. The first-order valence-electron chi connectivity index (χ1n) is 21.4. The minimum absolute atomic E-state index is 0.735. The molecule has 14 rings (SSSR count). The van der Waals surface area contributed by atoms with Crippen LogP contribution in [0.5, 0.6) is 0 Å². The summed E-state index contributed by atoms with van der Waals surface area (Å²) in [6, 6.07) is 74.9. The average Bonchev–Trinajstić information content (AvgIpc) is 4.00. The summed E-state index contributed by atoms with van der Waals surface area (Å²) >= 11 is 1.82. The molecule has 10 aromatic carbocycles. The van der Waals surface area contributed by atoms with E-state index >= 15 is 0 Å². The van der Waals surface area contributed by atoms with E-state index in [-0.39, 0.29) is 0 Å². The van der Waals surface area contributed by atoms with Crippen molar-refractivity contribution < 1.29 is 0 Å². The maximum absolute atomic E-state index is 5.52. The second-order valence-electron chi connectivity index (χ2n) is 16.5. The predicted molar refractivity (Wildman–Crippen MR) is 267 cm³/mol. The van der Waals surface area contributed by atoms with Gasteiger partial charge in [-0.1, -0.05) is 146 Å². The van der Waals surface area contributed by atoms with Gasteiger partial charge in [0.1, 0.15) is 0 Å². The summed E-state index contributed by atoms with van der Waals surface area (Å²) in [4.78, 5) is 10.8. The number of nitrogens with zero attached hydrogens (tertiary/aromatic N) is 4. The van der Waals surface area contributed by atoms with Crippen LogP contribution < -0.4 is 0 Å². The molecule has 0 saturated heterocycles. The van der Waals surface area contributed by atoms with Crippen molar-refractivity contribution in [2.75, 3.05) is 0 Å². The van der Waals surface area contributed by atoms with Gasteiger partial charge < -0.3 is 9.13 Å². The van der Waals surface area contributed by atoms with Gasteiger partial charge in [0.05, 0.1) is 44.7 Å². The van der Waals surface area contributed by atoms with Gasteiger partial charge in [-0.25, -0.2) is 9.97 Å². The van der Waals surface area contributed by atoms with Crippen molar-refractivity contribution in [3.05, 3.63) is 206 Å². The van der Waals surface area contributed by atoms with Crippen LogP contribution in [0.1, 0.15) is 0 Å². The minimum atomic E-state index is 0.735. The van der Waals surface area contributed by atoms with Crippen LogP contribution in [0.15, 0.2) is 206 Å². The highest BCUT2D eigenvalue weighted by atomic mass is 32.1. The van der Waals surface area contributed by atoms with Crippen LogP contribution in [0.25, 0.3) is 130 Å². The van der Waals surface area contributed by atoms with Crippen LogP contribution in [0.2, 0.25) is 0 Å². The third kappa shape index (κ3) is 4.97. The van der Waals surface area contributed by atoms with Gasteiger partial charge in [-0.15, -0.1) is 11.3 Å². The number of aromatic nitrogens is 4. The lowest BCUT2D eigenvalue weighted by Gasteiger charge is -2.16. The molecule has 4 heterocycles. The highest BCUT2D eigenvalue weighted by Gasteiger charge is 2.21. The molecule has 0 radical (unpaired) electrons. The van der Waals surface area contributed by atoms with E-state index in [1.165, 1.54) is 80.2 Å². The SMILES string of the molecule is c1cc(-n2c3ccccc3c3ccccc32)c2cc3c(cc2c1)c1ccccc1n3-c1cccc2c(-c3nc(-c4cccc5sc6ccccc6c45)nc4ccccc34)cccc12. The lowest BCUT2D eigenvalue weighted by Crippen LogP contribution is -1.99. The molecule has 0 bridgehead atoms. The molecular formula is C58H34N4S. The first-order valence-corrected chi connectivity index (χ1v) is 22.2. The van der Waals surface area contributed by atoms with Gasteiger partial charge in [-0.05, 0) is 71.4 Å². The third-order valence-corrected chi connectivity index (χ3v) is 14.2. The molecule has 0 atom stereocenters. The van der Waals surface area contributed by atoms with Crippen molar-refractivity contribution in [1.82, 2.24) is 19.1 Å². The summed E-state index contributed by atoms with van der Waals surface area (Å²) in [5.74, 6) is 0.735. The maximum Gasteiger partial charge on any atom is 0.161 e. The van der Waals surface area contributed by atoms with Crippen molar-refractivity contribution in [3.8, 4) is 34.0 Å². The molecule has 0 N–H and O–H groups in total. The van der Waals surface area contributed by atoms with Crippen LogP contribution in [-0.2, 0) is 0 Å². The first-order chi connectivity index (χ1) is 31.3. The van der Waals surface area contributed by atoms with Crippen molar-refractivity contribution in [3.63, 3.8) is 0 Å². The van der Waals surface area contributed by atoms with Crippen LogP contribution in [-0.4, -0.2) is 19.1 Å². The van der Waals surface area contributed by atoms with Gasteiger partial charge >= 0.3 is 0 Å². The van der Waals surface area contributed by atoms with Gasteiger partial charge in [0.25, 0.3) is 0 Å². The molecule has 0 unspecified atom stereocenters. The highest BCUT2D eigenvalue weighted by Crippen LogP contribution is 2.44. The highest BCUT2D eigenvalue weighted by molar-refractivity contribution is 7.25. The van der Waals surface area contributed by atoms with E-state index in [2.05, 4.69) is 215 Å². The zero-order valence-electron chi connectivity index (χ0n) is 33.8. The third-order valence-electron chi connectivity index (χ3n) is 13.1. The monoisotopic (exact) mass is 818 g/mol. The second-order valence-corrected chi connectivity index (χ2v) is 17.5. The molecule has 63 heavy (non-hydrogen) atoms. The number of thiophene rings is 1. The van der Waals surface area contributed by atoms with Gasteiger partial charge in [-0.3, -0.25) is 0 Å². The lowest BCUT2D eigenvalue weighted by molar-refractivity contribution is 1.19. The van der Waals surface area contributed by atoms with Crippen LogP contribution >= 0.6 is 11.3 Å². The van der Waals surface area contributed by atoms with E-state index < -0.39 is 0 Å². The first kappa shape index (κ1) is 34.6. The Morgan fingerprint density at radius 2 is 0.873 bits per heavy atom. The summed E-state index contributed by atoms with van der Waals surface area (Å²) in [6.07, 6.45) is 0. The second kappa shape index (κ2) is 13.2. The molecule has 14 aromatic rings. The number of hydrogen-bond acceptors (Lipinski definition) is 3. The van der Waals surface area contributed by atoms with Gasteiger partial charge in [0.15, 0.2) is 5.82 Å². The molecular weight excluding hydrogens is 785 g/mol. The Morgan fingerprint density at radius 3 is 1.65 bits per heavy atom. The van der Waals surface area contributed by atoms with Gasteiger partial charge in [0.2, 0.25) is 0 Å². The molecule has 0 aliphatic heterocycles. The standard InChI is InChI=1S/C58H34N4S/c1-6-25-47-42(19-1)57(60-58(59-47)44-24-14-32-55-56(44)43-20-5-10-31-54(43)63-55)41-23-12-22-37-36(41)21-13-30-51(37)62-50-28-9-4-18-40(50)46-33-35-15-11-29-52(45(35)34-53(46)62)61-48-26-7-2-16-38(48)39-17-3-8-27-49(39)61/h1-34H. The summed E-state index contributed by atoms with van der Waals surface area (Å²) < 4.78 is 7.43. The zero-order valence-corrected chi connectivity index (χ0v) is 34.6. The molecule has 0 saturated carbocycles. The number of benzene rings is 10. The quantitative estimate of drug-likeness (QED) is 0.177. The fraction of sp³-hybridized carbons (Fsp3) is 0. The topological polar surface area (TPSA) is 35.6 Å². The summed E-state index contributed by atoms with van der Waals surface area (Å²) in [5, 5.41) is 13.2. The Hall–Kier alpha value is -8.12. The molecule has 0 spiro atoms. The Balaban J connectivity index is 1.03. The summed E-state index contributed by atoms with van der Waals surface area (Å²) in [6.45, 7) is 0. The average molecular weight is 819 g/mol. The largest absolute Gasteiger partial charge is 0.309 e. The molecule has 0 aliphatic rings. The van der Waals surface area contributed by atoms with E-state index in [0.29, 0.717) is 0 Å². The number of para-hydroxylation sites is 4. The molecule has 4 aromatic heterocycles. The van der Waals surface area contributed by atoms with E-state index in [1.54, 1.807) is 0 Å². The lowest BCUT2D eigenvalue weighted by atomic mass is 9.97. The van der Waals surface area contributed by atoms with Crippen molar-refractivity contribution in [1.29, 1.82) is 0 Å². The molecule has 5 heteroatoms. The molecule has 292 valence electrons. The zero-order chi connectivity index (χ0) is 41.2. The fourth-order valence-electron chi connectivity index (χ4n) is 10.4. The Morgan fingerprint density at radius 1 is 0.333 bits per heavy atom. The van der Waals surface area contributed by atoms with Crippen molar-refractivity contribution >= 4 is 108 Å². The van der Waals surface area contributed by atoms with Gasteiger partial charge in [-0.2, -0.15) is 0 Å². The molecule has 0 amide bonds. The number of fused-ring (bicyclic) bond motifs is 12. The van der Waals surface area contributed by atoms with E-state index in [1.807, 2.05) is 11.3 Å². The Kier molecular flexibility index (Phi) is 7.24. The Labute approximate surface area is 365 Å². The van der Waals surface area contributed by atoms with Crippen LogP contribution in [0.3, 0.4) is 0 Å².